The number of sulfonamides is 1. The summed E-state index contributed by atoms with van der Waals surface area (Å²) in [4.78, 5) is 12.9. The molecule has 0 unspecified atom stereocenters. The number of carbonyl (C=O) groups excluding carboxylic acids is 1. The lowest BCUT2D eigenvalue weighted by Gasteiger charge is -2.24. The maximum atomic E-state index is 13.5. The Hall–Kier alpha value is -3.76. The van der Waals surface area contributed by atoms with Gasteiger partial charge in [0.15, 0.2) is 11.5 Å². The van der Waals surface area contributed by atoms with E-state index in [2.05, 4.69) is 10.5 Å². The molecule has 1 amide bonds. The van der Waals surface area contributed by atoms with E-state index in [-0.39, 0.29) is 10.6 Å². The number of nitrogens with zero attached hydrogens (tertiary/aromatic N) is 2. The molecule has 0 aliphatic heterocycles. The first-order chi connectivity index (χ1) is 17.7. The zero-order chi connectivity index (χ0) is 27.0. The van der Waals surface area contributed by atoms with Gasteiger partial charge in [0.2, 0.25) is 0 Å². The summed E-state index contributed by atoms with van der Waals surface area (Å²) in [5.41, 5.74) is 4.00. The third-order valence-corrected chi connectivity index (χ3v) is 7.42. The van der Waals surface area contributed by atoms with E-state index in [0.717, 1.165) is 9.87 Å². The van der Waals surface area contributed by atoms with Crippen LogP contribution in [0.25, 0.3) is 0 Å². The van der Waals surface area contributed by atoms with Crippen LogP contribution in [0.1, 0.15) is 18.9 Å². The number of methoxy groups -OCH3 is 3. The number of anilines is 1. The van der Waals surface area contributed by atoms with Crippen molar-refractivity contribution < 1.29 is 27.4 Å². The number of nitrogens with one attached hydrogen (secondary N) is 1. The first-order valence-corrected chi connectivity index (χ1v) is 13.1. The standard InChI is InChI=1S/C26H28ClN3O6S/c1-5-23(18-9-14-24(35-3)25(15-18)36-4)28-29-26(31)17-30(20-8-6-7-19(27)16-20)37(32,33)22-12-10-21(34-2)11-13-22/h6-16H,5,17H2,1-4H3,(H,29,31)/b28-23-. The highest BCUT2D eigenvalue weighted by molar-refractivity contribution is 7.92. The summed E-state index contributed by atoms with van der Waals surface area (Å²) in [5.74, 6) is 0.947. The van der Waals surface area contributed by atoms with E-state index < -0.39 is 22.5 Å². The topological polar surface area (TPSA) is 107 Å². The Kier molecular flexibility index (Phi) is 9.37. The van der Waals surface area contributed by atoms with Gasteiger partial charge in [-0.2, -0.15) is 5.10 Å². The molecule has 0 saturated carbocycles. The minimum Gasteiger partial charge on any atom is -0.497 e. The molecular formula is C26H28ClN3O6S. The smallest absolute Gasteiger partial charge is 0.264 e. The zero-order valence-corrected chi connectivity index (χ0v) is 22.5. The summed E-state index contributed by atoms with van der Waals surface area (Å²) >= 11 is 6.12. The van der Waals surface area contributed by atoms with Crippen LogP contribution < -0.4 is 23.9 Å². The van der Waals surface area contributed by atoms with E-state index in [1.807, 2.05) is 6.92 Å². The molecule has 0 atom stereocenters. The molecule has 0 heterocycles. The van der Waals surface area contributed by atoms with Crippen LogP contribution in [0.4, 0.5) is 5.69 Å². The van der Waals surface area contributed by atoms with Gasteiger partial charge < -0.3 is 14.2 Å². The minimum atomic E-state index is -4.12. The van der Waals surface area contributed by atoms with Crippen molar-refractivity contribution in [3.63, 3.8) is 0 Å². The third kappa shape index (κ3) is 6.72. The van der Waals surface area contributed by atoms with Gasteiger partial charge in [-0.05, 0) is 67.1 Å². The number of amides is 1. The van der Waals surface area contributed by atoms with E-state index in [1.54, 1.807) is 36.4 Å². The average Bonchev–Trinajstić information content (AvgIpc) is 2.91. The fourth-order valence-electron chi connectivity index (χ4n) is 3.48. The molecule has 196 valence electrons. The van der Waals surface area contributed by atoms with E-state index in [0.29, 0.717) is 34.4 Å². The highest BCUT2D eigenvalue weighted by atomic mass is 35.5. The van der Waals surface area contributed by atoms with Crippen LogP contribution in [0.15, 0.2) is 76.7 Å². The second-order valence-electron chi connectivity index (χ2n) is 7.68. The van der Waals surface area contributed by atoms with Gasteiger partial charge in [-0.1, -0.05) is 24.6 Å². The van der Waals surface area contributed by atoms with E-state index in [1.165, 1.54) is 51.7 Å². The van der Waals surface area contributed by atoms with Crippen LogP contribution >= 0.6 is 11.6 Å². The van der Waals surface area contributed by atoms with Crippen molar-refractivity contribution in [1.29, 1.82) is 0 Å². The molecule has 37 heavy (non-hydrogen) atoms. The number of carbonyl (C=O) groups is 1. The number of halogens is 1. The molecule has 0 aliphatic rings. The second-order valence-corrected chi connectivity index (χ2v) is 9.98. The summed E-state index contributed by atoms with van der Waals surface area (Å²) in [5, 5.41) is 4.57. The predicted molar refractivity (Wildman–Crippen MR) is 143 cm³/mol. The minimum absolute atomic E-state index is 0.0100. The molecule has 1 N–H and O–H groups in total. The molecule has 0 fully saturated rings. The van der Waals surface area contributed by atoms with Gasteiger partial charge in [-0.15, -0.1) is 0 Å². The molecule has 3 aromatic carbocycles. The molecule has 3 aromatic rings. The van der Waals surface area contributed by atoms with E-state index in [9.17, 15) is 13.2 Å². The zero-order valence-electron chi connectivity index (χ0n) is 20.9. The van der Waals surface area contributed by atoms with Crippen molar-refractivity contribution in [3.05, 3.63) is 77.3 Å². The normalized spacial score (nSPS) is 11.5. The SMILES string of the molecule is CC/C(=N/NC(=O)CN(c1cccc(Cl)c1)S(=O)(=O)c1ccc(OC)cc1)c1ccc(OC)c(OC)c1. The summed E-state index contributed by atoms with van der Waals surface area (Å²) in [6.45, 7) is 1.36. The third-order valence-electron chi connectivity index (χ3n) is 5.40. The Labute approximate surface area is 221 Å². The molecule has 0 saturated heterocycles. The largest absolute Gasteiger partial charge is 0.497 e. The number of benzene rings is 3. The van der Waals surface area contributed by atoms with E-state index >= 15 is 0 Å². The Morgan fingerprint density at radius 2 is 1.65 bits per heavy atom. The van der Waals surface area contributed by atoms with E-state index in [4.69, 9.17) is 25.8 Å². The van der Waals surface area contributed by atoms with Gasteiger partial charge in [0.25, 0.3) is 15.9 Å². The van der Waals surface area contributed by atoms with Crippen molar-refractivity contribution >= 4 is 38.9 Å². The number of ether oxygens (including phenoxy) is 3. The average molecular weight is 546 g/mol. The Morgan fingerprint density at radius 1 is 0.946 bits per heavy atom. The highest BCUT2D eigenvalue weighted by Gasteiger charge is 2.27. The molecule has 0 aliphatic carbocycles. The van der Waals surface area contributed by atoms with Gasteiger partial charge in [0.05, 0.1) is 37.6 Å². The molecule has 0 spiro atoms. The lowest BCUT2D eigenvalue weighted by molar-refractivity contribution is -0.119. The molecule has 11 heteroatoms. The number of hydrogen-bond donors (Lipinski definition) is 1. The predicted octanol–water partition coefficient (Wildman–Crippen LogP) is 4.49. The number of rotatable bonds is 11. The van der Waals surface area contributed by atoms with Crippen LogP contribution in [0, 0.1) is 0 Å². The highest BCUT2D eigenvalue weighted by Crippen LogP contribution is 2.29. The van der Waals surface area contributed by atoms with Crippen molar-refractivity contribution in [2.75, 3.05) is 32.2 Å². The fraction of sp³-hybridized carbons (Fsp3) is 0.231. The summed E-state index contributed by atoms with van der Waals surface area (Å²) in [6.07, 6.45) is 0.498. The van der Waals surface area contributed by atoms with Crippen molar-refractivity contribution in [2.24, 2.45) is 5.10 Å². The van der Waals surface area contributed by atoms with Crippen LogP contribution in [0.3, 0.4) is 0 Å². The first kappa shape index (κ1) is 27.8. The monoisotopic (exact) mass is 545 g/mol. The summed E-state index contributed by atoms with van der Waals surface area (Å²) in [6, 6.07) is 17.4. The molecule has 9 nitrogen and oxygen atoms in total. The van der Waals surface area contributed by atoms with Gasteiger partial charge >= 0.3 is 0 Å². The summed E-state index contributed by atoms with van der Waals surface area (Å²) < 4.78 is 43.8. The lowest BCUT2D eigenvalue weighted by Crippen LogP contribution is -2.39. The van der Waals surface area contributed by atoms with Crippen LogP contribution in [-0.2, 0) is 14.8 Å². The van der Waals surface area contributed by atoms with Crippen LogP contribution in [0.2, 0.25) is 5.02 Å². The quantitative estimate of drug-likeness (QED) is 0.281. The molecule has 0 bridgehead atoms. The lowest BCUT2D eigenvalue weighted by atomic mass is 10.1. The van der Waals surface area contributed by atoms with Gasteiger partial charge in [0.1, 0.15) is 12.3 Å². The number of hydrogen-bond acceptors (Lipinski definition) is 7. The molecule has 0 radical (unpaired) electrons. The van der Waals surface area contributed by atoms with Crippen molar-refractivity contribution in [3.8, 4) is 17.2 Å². The molecular weight excluding hydrogens is 518 g/mol. The fourth-order valence-corrected chi connectivity index (χ4v) is 5.08. The first-order valence-electron chi connectivity index (χ1n) is 11.2. The summed E-state index contributed by atoms with van der Waals surface area (Å²) in [7, 11) is 0.428. The second kappa shape index (κ2) is 12.5. The Balaban J connectivity index is 1.89. The Morgan fingerprint density at radius 3 is 2.24 bits per heavy atom. The Bertz CT molecular complexity index is 1380. The van der Waals surface area contributed by atoms with Gasteiger partial charge in [-0.3, -0.25) is 9.10 Å². The maximum absolute atomic E-state index is 13.5. The van der Waals surface area contributed by atoms with Gasteiger partial charge in [-0.25, -0.2) is 13.8 Å². The molecule has 3 rings (SSSR count). The maximum Gasteiger partial charge on any atom is 0.264 e. The van der Waals surface area contributed by atoms with Crippen molar-refractivity contribution in [2.45, 2.75) is 18.2 Å². The molecule has 0 aromatic heterocycles. The van der Waals surface area contributed by atoms with Crippen LogP contribution in [0.5, 0.6) is 17.2 Å². The van der Waals surface area contributed by atoms with Gasteiger partial charge in [0, 0.05) is 10.6 Å². The van der Waals surface area contributed by atoms with Crippen molar-refractivity contribution in [1.82, 2.24) is 5.43 Å². The van der Waals surface area contributed by atoms with Crippen LogP contribution in [-0.4, -0.2) is 47.9 Å². The number of hydrazone groups is 1.